The Balaban J connectivity index is 2.01. The summed E-state index contributed by atoms with van der Waals surface area (Å²) in [6.07, 6.45) is 3.30. The van der Waals surface area contributed by atoms with Crippen LogP contribution in [0.25, 0.3) is 6.08 Å². The summed E-state index contributed by atoms with van der Waals surface area (Å²) in [5.41, 5.74) is 2.83. The summed E-state index contributed by atoms with van der Waals surface area (Å²) in [5.74, 6) is 0.654. The highest BCUT2D eigenvalue weighted by atomic mass is 127. The number of nitrogens with one attached hydrogen (secondary N) is 1. The van der Waals surface area contributed by atoms with Gasteiger partial charge in [0.15, 0.2) is 0 Å². The highest BCUT2D eigenvalue weighted by Crippen LogP contribution is 2.18. The zero-order valence-corrected chi connectivity index (χ0v) is 14.0. The summed E-state index contributed by atoms with van der Waals surface area (Å²) in [5, 5.41) is 2.88. The minimum atomic E-state index is -0.143. The third-order valence-corrected chi connectivity index (χ3v) is 3.66. The first-order chi connectivity index (χ1) is 10.1. The number of amides is 1. The third kappa shape index (κ3) is 4.60. The summed E-state index contributed by atoms with van der Waals surface area (Å²) in [4.78, 5) is 11.9. The highest BCUT2D eigenvalue weighted by Gasteiger charge is 2.02. The van der Waals surface area contributed by atoms with Gasteiger partial charge in [-0.3, -0.25) is 4.79 Å². The fourth-order valence-corrected chi connectivity index (χ4v) is 2.48. The Kier molecular flexibility index (Phi) is 5.38. The van der Waals surface area contributed by atoms with Gasteiger partial charge < -0.3 is 10.1 Å². The molecule has 1 N–H and O–H groups in total. The molecule has 2 rings (SSSR count). The fourth-order valence-electron chi connectivity index (χ4n) is 1.83. The lowest BCUT2D eigenvalue weighted by Gasteiger charge is -2.06. The molecule has 0 aliphatic carbocycles. The zero-order chi connectivity index (χ0) is 15.2. The Morgan fingerprint density at radius 3 is 2.52 bits per heavy atom. The number of carbonyl (C=O) groups is 1. The zero-order valence-electron chi connectivity index (χ0n) is 11.9. The van der Waals surface area contributed by atoms with Crippen LogP contribution in [0.15, 0.2) is 48.5 Å². The van der Waals surface area contributed by atoms with Crippen LogP contribution in [0.4, 0.5) is 5.69 Å². The quantitative estimate of drug-likeness (QED) is 0.623. The van der Waals surface area contributed by atoms with E-state index in [1.807, 2.05) is 49.4 Å². The maximum Gasteiger partial charge on any atom is 0.248 e. The summed E-state index contributed by atoms with van der Waals surface area (Å²) in [6, 6.07) is 13.4. The molecule has 0 fully saturated rings. The van der Waals surface area contributed by atoms with Gasteiger partial charge in [0.05, 0.1) is 7.11 Å². The molecule has 2 aromatic rings. The van der Waals surface area contributed by atoms with Crippen molar-refractivity contribution in [2.75, 3.05) is 12.4 Å². The van der Waals surface area contributed by atoms with Gasteiger partial charge in [-0.05, 0) is 77.0 Å². The number of hydrogen-bond acceptors (Lipinski definition) is 2. The summed E-state index contributed by atoms with van der Waals surface area (Å²) < 4.78 is 6.24. The van der Waals surface area contributed by atoms with Gasteiger partial charge in [-0.25, -0.2) is 0 Å². The number of anilines is 1. The first kappa shape index (κ1) is 15.6. The largest absolute Gasteiger partial charge is 0.497 e. The molecule has 0 unspecified atom stereocenters. The van der Waals surface area contributed by atoms with Gasteiger partial charge in [-0.1, -0.05) is 12.1 Å². The van der Waals surface area contributed by atoms with Crippen molar-refractivity contribution in [2.24, 2.45) is 0 Å². The molecule has 0 bridgehead atoms. The van der Waals surface area contributed by atoms with Crippen LogP contribution in [0.3, 0.4) is 0 Å². The topological polar surface area (TPSA) is 38.3 Å². The van der Waals surface area contributed by atoms with Gasteiger partial charge in [-0.15, -0.1) is 0 Å². The normalized spacial score (nSPS) is 10.6. The number of benzene rings is 2. The van der Waals surface area contributed by atoms with Crippen LogP contribution in [0.2, 0.25) is 0 Å². The van der Waals surface area contributed by atoms with Crippen LogP contribution in [-0.2, 0) is 4.79 Å². The van der Waals surface area contributed by atoms with Crippen molar-refractivity contribution in [1.29, 1.82) is 0 Å². The smallest absolute Gasteiger partial charge is 0.248 e. The Labute approximate surface area is 138 Å². The number of methoxy groups -OCH3 is 1. The fraction of sp³-hybridized carbons (Fsp3) is 0.118. The summed E-state index contributed by atoms with van der Waals surface area (Å²) in [7, 11) is 1.63. The maximum absolute atomic E-state index is 11.9. The van der Waals surface area contributed by atoms with E-state index < -0.39 is 0 Å². The third-order valence-electron chi connectivity index (χ3n) is 2.99. The molecule has 3 nitrogen and oxygen atoms in total. The molecule has 0 saturated heterocycles. The minimum absolute atomic E-state index is 0.143. The number of ether oxygens (including phenoxy) is 1. The van der Waals surface area contributed by atoms with Gasteiger partial charge in [0.2, 0.25) is 5.91 Å². The maximum atomic E-state index is 11.9. The molecule has 0 aliphatic rings. The van der Waals surface area contributed by atoms with Crippen LogP contribution in [0.1, 0.15) is 11.1 Å². The first-order valence-corrected chi connectivity index (χ1v) is 7.55. The van der Waals surface area contributed by atoms with E-state index >= 15 is 0 Å². The molecule has 108 valence electrons. The van der Waals surface area contributed by atoms with Crippen LogP contribution in [-0.4, -0.2) is 13.0 Å². The molecule has 0 aliphatic heterocycles. The second kappa shape index (κ2) is 7.26. The van der Waals surface area contributed by atoms with E-state index in [0.29, 0.717) is 0 Å². The molecule has 0 aromatic heterocycles. The number of halogens is 1. The molecule has 4 heteroatoms. The van der Waals surface area contributed by atoms with Crippen molar-refractivity contribution in [3.63, 3.8) is 0 Å². The highest BCUT2D eigenvalue weighted by molar-refractivity contribution is 14.1. The monoisotopic (exact) mass is 393 g/mol. The molecule has 0 heterocycles. The van der Waals surface area contributed by atoms with E-state index in [1.54, 1.807) is 13.2 Å². The Morgan fingerprint density at radius 2 is 1.90 bits per heavy atom. The van der Waals surface area contributed by atoms with E-state index in [2.05, 4.69) is 27.9 Å². The van der Waals surface area contributed by atoms with E-state index in [0.717, 1.165) is 26.1 Å². The molecule has 0 radical (unpaired) electrons. The Hall–Kier alpha value is -1.82. The summed E-state index contributed by atoms with van der Waals surface area (Å²) in [6.45, 7) is 1.98. The van der Waals surface area contributed by atoms with E-state index in [9.17, 15) is 4.79 Å². The molecule has 0 atom stereocenters. The second-order valence-electron chi connectivity index (χ2n) is 4.55. The lowest BCUT2D eigenvalue weighted by Crippen LogP contribution is -2.08. The molecular formula is C17H16INO2. The number of aryl methyl sites for hydroxylation is 1. The van der Waals surface area contributed by atoms with Crippen LogP contribution in [0.5, 0.6) is 5.75 Å². The molecule has 1 amide bonds. The van der Waals surface area contributed by atoms with Crippen LogP contribution in [0, 0.1) is 10.5 Å². The average molecular weight is 393 g/mol. The van der Waals surface area contributed by atoms with Crippen molar-refractivity contribution >= 4 is 40.3 Å². The van der Waals surface area contributed by atoms with Gasteiger partial charge in [0.1, 0.15) is 5.75 Å². The van der Waals surface area contributed by atoms with Crippen molar-refractivity contribution < 1.29 is 9.53 Å². The van der Waals surface area contributed by atoms with Crippen LogP contribution >= 0.6 is 22.6 Å². The molecule has 2 aromatic carbocycles. The van der Waals surface area contributed by atoms with Gasteiger partial charge in [0.25, 0.3) is 0 Å². The van der Waals surface area contributed by atoms with Gasteiger partial charge in [0, 0.05) is 15.3 Å². The number of hydrogen-bond donors (Lipinski definition) is 1. The van der Waals surface area contributed by atoms with E-state index in [4.69, 9.17) is 4.74 Å². The lowest BCUT2D eigenvalue weighted by molar-refractivity contribution is -0.111. The molecular weight excluding hydrogens is 377 g/mol. The predicted octanol–water partition coefficient (Wildman–Crippen LogP) is 4.26. The first-order valence-electron chi connectivity index (χ1n) is 6.48. The van der Waals surface area contributed by atoms with E-state index in [1.165, 1.54) is 6.08 Å². The van der Waals surface area contributed by atoms with E-state index in [-0.39, 0.29) is 5.91 Å². The van der Waals surface area contributed by atoms with Crippen molar-refractivity contribution in [1.82, 2.24) is 0 Å². The molecule has 21 heavy (non-hydrogen) atoms. The Bertz CT molecular complexity index is 663. The minimum Gasteiger partial charge on any atom is -0.497 e. The van der Waals surface area contributed by atoms with Crippen molar-refractivity contribution in [3.8, 4) is 5.75 Å². The van der Waals surface area contributed by atoms with Crippen LogP contribution < -0.4 is 10.1 Å². The Morgan fingerprint density at radius 1 is 1.19 bits per heavy atom. The predicted molar refractivity (Wildman–Crippen MR) is 94.6 cm³/mol. The summed E-state index contributed by atoms with van der Waals surface area (Å²) >= 11 is 2.25. The van der Waals surface area contributed by atoms with Crippen molar-refractivity contribution in [2.45, 2.75) is 6.92 Å². The van der Waals surface area contributed by atoms with Gasteiger partial charge >= 0.3 is 0 Å². The second-order valence-corrected chi connectivity index (χ2v) is 5.80. The molecule has 0 spiro atoms. The average Bonchev–Trinajstić information content (AvgIpc) is 2.48. The SMILES string of the molecule is COc1ccc(/C=C/C(=O)Nc2ccc(I)cc2C)cc1. The van der Waals surface area contributed by atoms with Crippen molar-refractivity contribution in [3.05, 3.63) is 63.2 Å². The number of carbonyl (C=O) groups excluding carboxylic acids is 1. The van der Waals surface area contributed by atoms with Gasteiger partial charge in [-0.2, -0.15) is 0 Å². The standard InChI is InChI=1S/C17H16INO2/c1-12-11-14(18)6-9-16(12)19-17(20)10-5-13-3-7-15(21-2)8-4-13/h3-11H,1-2H3,(H,19,20)/b10-5+. The number of rotatable bonds is 4. The lowest BCUT2D eigenvalue weighted by atomic mass is 10.2. The molecule has 0 saturated carbocycles.